The molecule has 0 aliphatic heterocycles. The standard InChI is InChI=1S/C17H23N3/c1-14-3-5-15(6-4-14)17(16-7-8-16)19-9-2-11-20-12-10-18-13-20/h3-6,10,12-13,16-17,19H,2,7-9,11H2,1H3. The summed E-state index contributed by atoms with van der Waals surface area (Å²) in [5, 5.41) is 3.75. The first-order valence-corrected chi connectivity index (χ1v) is 7.58. The Hall–Kier alpha value is -1.61. The molecule has 1 atom stereocenters. The summed E-state index contributed by atoms with van der Waals surface area (Å²) in [5.41, 5.74) is 2.78. The van der Waals surface area contributed by atoms with Crippen LogP contribution in [0.2, 0.25) is 0 Å². The van der Waals surface area contributed by atoms with Gasteiger partial charge in [0.1, 0.15) is 0 Å². The fraction of sp³-hybridized carbons (Fsp3) is 0.471. The van der Waals surface area contributed by atoms with Crippen LogP contribution in [0.5, 0.6) is 0 Å². The Morgan fingerprint density at radius 1 is 1.30 bits per heavy atom. The number of benzene rings is 1. The van der Waals surface area contributed by atoms with Crippen molar-refractivity contribution < 1.29 is 0 Å². The average Bonchev–Trinajstić information content (AvgIpc) is 3.16. The highest BCUT2D eigenvalue weighted by atomic mass is 15.0. The van der Waals surface area contributed by atoms with Crippen molar-refractivity contribution in [2.45, 2.75) is 38.8 Å². The highest BCUT2D eigenvalue weighted by Gasteiger charge is 2.31. The Labute approximate surface area is 121 Å². The molecule has 1 N–H and O–H groups in total. The van der Waals surface area contributed by atoms with Gasteiger partial charge in [-0.2, -0.15) is 0 Å². The van der Waals surface area contributed by atoms with E-state index in [0.29, 0.717) is 6.04 Å². The van der Waals surface area contributed by atoms with Crippen molar-refractivity contribution in [3.8, 4) is 0 Å². The first kappa shape index (κ1) is 13.4. The SMILES string of the molecule is Cc1ccc(C(NCCCn2ccnc2)C2CC2)cc1. The number of aromatic nitrogens is 2. The van der Waals surface area contributed by atoms with Crippen LogP contribution in [0.1, 0.15) is 36.4 Å². The number of hydrogen-bond acceptors (Lipinski definition) is 2. The molecule has 1 fully saturated rings. The van der Waals surface area contributed by atoms with Crippen molar-refractivity contribution in [2.75, 3.05) is 6.54 Å². The van der Waals surface area contributed by atoms with E-state index in [1.54, 1.807) is 0 Å². The van der Waals surface area contributed by atoms with Gasteiger partial charge in [0.25, 0.3) is 0 Å². The number of rotatable bonds is 7. The lowest BCUT2D eigenvalue weighted by atomic mass is 10.0. The third-order valence-electron chi connectivity index (χ3n) is 4.05. The molecule has 0 bridgehead atoms. The fourth-order valence-corrected chi connectivity index (χ4v) is 2.70. The number of nitrogens with zero attached hydrogens (tertiary/aromatic N) is 2. The summed E-state index contributed by atoms with van der Waals surface area (Å²) in [4.78, 5) is 4.07. The van der Waals surface area contributed by atoms with Crippen molar-refractivity contribution in [2.24, 2.45) is 5.92 Å². The van der Waals surface area contributed by atoms with Gasteiger partial charge in [0.15, 0.2) is 0 Å². The minimum atomic E-state index is 0.540. The minimum absolute atomic E-state index is 0.540. The highest BCUT2D eigenvalue weighted by molar-refractivity contribution is 5.25. The minimum Gasteiger partial charge on any atom is -0.337 e. The van der Waals surface area contributed by atoms with Crippen molar-refractivity contribution >= 4 is 0 Å². The summed E-state index contributed by atoms with van der Waals surface area (Å²) in [6.45, 7) is 4.25. The van der Waals surface area contributed by atoms with Gasteiger partial charge in [-0.25, -0.2) is 4.98 Å². The van der Waals surface area contributed by atoms with Crippen LogP contribution in [0.4, 0.5) is 0 Å². The molecule has 0 spiro atoms. The Balaban J connectivity index is 1.51. The monoisotopic (exact) mass is 269 g/mol. The van der Waals surface area contributed by atoms with Gasteiger partial charge in [0.2, 0.25) is 0 Å². The molecule has 0 radical (unpaired) electrons. The molecule has 20 heavy (non-hydrogen) atoms. The largest absolute Gasteiger partial charge is 0.337 e. The molecule has 1 aromatic heterocycles. The predicted octanol–water partition coefficient (Wildman–Crippen LogP) is 3.32. The summed E-state index contributed by atoms with van der Waals surface area (Å²) in [6, 6.07) is 9.54. The van der Waals surface area contributed by atoms with E-state index in [9.17, 15) is 0 Å². The maximum Gasteiger partial charge on any atom is 0.0945 e. The Bertz CT molecular complexity index is 512. The summed E-state index contributed by atoms with van der Waals surface area (Å²) in [6.07, 6.45) is 9.63. The zero-order valence-electron chi connectivity index (χ0n) is 12.1. The topological polar surface area (TPSA) is 29.9 Å². The Kier molecular flexibility index (Phi) is 4.16. The number of hydrogen-bond donors (Lipinski definition) is 1. The molecule has 1 aliphatic carbocycles. The summed E-state index contributed by atoms with van der Waals surface area (Å²) in [7, 11) is 0. The van der Waals surface area contributed by atoms with Crippen LogP contribution in [0, 0.1) is 12.8 Å². The van der Waals surface area contributed by atoms with E-state index in [0.717, 1.165) is 25.4 Å². The van der Waals surface area contributed by atoms with E-state index in [-0.39, 0.29) is 0 Å². The van der Waals surface area contributed by atoms with Gasteiger partial charge in [-0.3, -0.25) is 0 Å². The predicted molar refractivity (Wildman–Crippen MR) is 81.5 cm³/mol. The maximum absolute atomic E-state index is 4.07. The van der Waals surface area contributed by atoms with Crippen molar-refractivity contribution in [1.82, 2.24) is 14.9 Å². The summed E-state index contributed by atoms with van der Waals surface area (Å²) >= 11 is 0. The third-order valence-corrected chi connectivity index (χ3v) is 4.05. The second-order valence-corrected chi connectivity index (χ2v) is 5.83. The van der Waals surface area contributed by atoms with Crippen LogP contribution < -0.4 is 5.32 Å². The van der Waals surface area contributed by atoms with Gasteiger partial charge in [-0.15, -0.1) is 0 Å². The first-order valence-electron chi connectivity index (χ1n) is 7.58. The molecule has 1 aliphatic rings. The van der Waals surface area contributed by atoms with Crippen LogP contribution in [-0.4, -0.2) is 16.1 Å². The van der Waals surface area contributed by atoms with Crippen molar-refractivity contribution in [3.63, 3.8) is 0 Å². The Morgan fingerprint density at radius 2 is 2.10 bits per heavy atom. The molecule has 3 nitrogen and oxygen atoms in total. The fourth-order valence-electron chi connectivity index (χ4n) is 2.70. The van der Waals surface area contributed by atoms with Crippen LogP contribution >= 0.6 is 0 Å². The highest BCUT2D eigenvalue weighted by Crippen LogP contribution is 2.40. The lowest BCUT2D eigenvalue weighted by Crippen LogP contribution is -2.24. The quantitative estimate of drug-likeness (QED) is 0.781. The summed E-state index contributed by atoms with van der Waals surface area (Å²) in [5.74, 6) is 0.839. The summed E-state index contributed by atoms with van der Waals surface area (Å²) < 4.78 is 2.14. The molecule has 1 heterocycles. The second-order valence-electron chi connectivity index (χ2n) is 5.83. The van der Waals surface area contributed by atoms with Gasteiger partial charge in [0.05, 0.1) is 6.33 Å². The van der Waals surface area contributed by atoms with Crippen LogP contribution in [-0.2, 0) is 6.54 Å². The van der Waals surface area contributed by atoms with E-state index in [4.69, 9.17) is 0 Å². The Morgan fingerprint density at radius 3 is 2.75 bits per heavy atom. The van der Waals surface area contributed by atoms with Gasteiger partial charge in [-0.05, 0) is 44.2 Å². The molecule has 0 amide bonds. The van der Waals surface area contributed by atoms with E-state index < -0.39 is 0 Å². The van der Waals surface area contributed by atoms with Gasteiger partial charge in [-0.1, -0.05) is 29.8 Å². The first-order chi connectivity index (χ1) is 9.83. The lowest BCUT2D eigenvalue weighted by Gasteiger charge is -2.19. The molecule has 0 saturated heterocycles. The van der Waals surface area contributed by atoms with E-state index in [1.807, 2.05) is 18.7 Å². The van der Waals surface area contributed by atoms with Crippen LogP contribution in [0.25, 0.3) is 0 Å². The van der Waals surface area contributed by atoms with Crippen LogP contribution in [0.15, 0.2) is 43.0 Å². The number of nitrogens with one attached hydrogen (secondary N) is 1. The van der Waals surface area contributed by atoms with Crippen molar-refractivity contribution in [3.05, 3.63) is 54.1 Å². The molecule has 1 unspecified atom stereocenters. The normalized spacial score (nSPS) is 16.2. The van der Waals surface area contributed by atoms with Gasteiger partial charge < -0.3 is 9.88 Å². The van der Waals surface area contributed by atoms with Gasteiger partial charge >= 0.3 is 0 Å². The maximum atomic E-state index is 4.07. The lowest BCUT2D eigenvalue weighted by molar-refractivity contribution is 0.462. The zero-order valence-corrected chi connectivity index (χ0v) is 12.1. The molecule has 3 rings (SSSR count). The average molecular weight is 269 g/mol. The number of aryl methyl sites for hydroxylation is 2. The van der Waals surface area contributed by atoms with Gasteiger partial charge in [0, 0.05) is 25.0 Å². The van der Waals surface area contributed by atoms with Crippen LogP contribution in [0.3, 0.4) is 0 Å². The molecule has 1 aromatic carbocycles. The smallest absolute Gasteiger partial charge is 0.0945 e. The zero-order chi connectivity index (χ0) is 13.8. The van der Waals surface area contributed by atoms with E-state index >= 15 is 0 Å². The molecule has 2 aromatic rings. The molecule has 3 heteroatoms. The molecule has 1 saturated carbocycles. The number of imidazole rings is 1. The van der Waals surface area contributed by atoms with Crippen molar-refractivity contribution in [1.29, 1.82) is 0 Å². The second kappa shape index (κ2) is 6.23. The molecule has 106 valence electrons. The molecular formula is C17H23N3. The van der Waals surface area contributed by atoms with E-state index in [1.165, 1.54) is 24.0 Å². The molecular weight excluding hydrogens is 246 g/mol. The van der Waals surface area contributed by atoms with E-state index in [2.05, 4.69) is 46.1 Å². The third kappa shape index (κ3) is 3.48.